The highest BCUT2D eigenvalue weighted by Gasteiger charge is 2.54. The summed E-state index contributed by atoms with van der Waals surface area (Å²) in [6.07, 6.45) is 10.3. The monoisotopic (exact) mass is 267 g/mol. The Morgan fingerprint density at radius 1 is 1.21 bits per heavy atom. The summed E-state index contributed by atoms with van der Waals surface area (Å²) in [7, 11) is 1.78. The summed E-state index contributed by atoms with van der Waals surface area (Å²) in [6, 6.07) is 0. The van der Waals surface area contributed by atoms with E-state index < -0.39 is 0 Å². The van der Waals surface area contributed by atoms with Gasteiger partial charge in [0.05, 0.1) is 12.7 Å². The van der Waals surface area contributed by atoms with E-state index in [-0.39, 0.29) is 0 Å². The molecule has 2 atom stereocenters. The molecule has 1 N–H and O–H groups in total. The van der Waals surface area contributed by atoms with Gasteiger partial charge in [0, 0.05) is 32.2 Å². The van der Waals surface area contributed by atoms with Crippen molar-refractivity contribution in [3.05, 3.63) is 0 Å². The largest absolute Gasteiger partial charge is 0.383 e. The maximum atomic E-state index is 6.19. The molecule has 1 saturated heterocycles. The molecule has 1 aliphatic heterocycles. The fourth-order valence-electron chi connectivity index (χ4n) is 4.45. The molecule has 3 nitrogen and oxygen atoms in total. The van der Waals surface area contributed by atoms with Gasteiger partial charge in [-0.25, -0.2) is 0 Å². The molecular formula is C16H29NO2. The Morgan fingerprint density at radius 2 is 2.00 bits per heavy atom. The van der Waals surface area contributed by atoms with Gasteiger partial charge in [0.15, 0.2) is 0 Å². The zero-order chi connectivity index (χ0) is 13.1. The number of ether oxygens (including phenoxy) is 2. The molecule has 19 heavy (non-hydrogen) atoms. The van der Waals surface area contributed by atoms with E-state index in [9.17, 15) is 0 Å². The van der Waals surface area contributed by atoms with Crippen LogP contribution in [0.25, 0.3) is 0 Å². The molecule has 0 bridgehead atoms. The lowest BCUT2D eigenvalue weighted by molar-refractivity contribution is -0.000199. The van der Waals surface area contributed by atoms with Gasteiger partial charge in [-0.3, -0.25) is 0 Å². The molecule has 3 fully saturated rings. The standard InChI is InChI=1S/C16H29NO2/c1-18-11-9-17-12-16(14-4-2-3-5-14)8-10-19-15(16)13-6-7-13/h13-15,17H,2-12H2,1H3. The normalized spacial score (nSPS) is 36.2. The van der Waals surface area contributed by atoms with Crippen LogP contribution >= 0.6 is 0 Å². The van der Waals surface area contributed by atoms with Crippen molar-refractivity contribution in [3.8, 4) is 0 Å². The molecule has 3 rings (SSSR count). The van der Waals surface area contributed by atoms with Crippen molar-refractivity contribution in [3.63, 3.8) is 0 Å². The Bertz CT molecular complexity index is 286. The quantitative estimate of drug-likeness (QED) is 0.719. The van der Waals surface area contributed by atoms with E-state index in [2.05, 4.69) is 5.32 Å². The van der Waals surface area contributed by atoms with E-state index in [1.54, 1.807) is 7.11 Å². The molecule has 2 saturated carbocycles. The lowest BCUT2D eigenvalue weighted by Crippen LogP contribution is -2.47. The Hall–Kier alpha value is -0.120. The number of rotatable bonds is 7. The Morgan fingerprint density at radius 3 is 2.68 bits per heavy atom. The molecule has 110 valence electrons. The number of nitrogens with one attached hydrogen (secondary N) is 1. The molecule has 2 unspecified atom stereocenters. The first-order valence-corrected chi connectivity index (χ1v) is 8.18. The van der Waals surface area contributed by atoms with Crippen LogP contribution in [0.15, 0.2) is 0 Å². The maximum Gasteiger partial charge on any atom is 0.0675 e. The van der Waals surface area contributed by atoms with Crippen molar-refractivity contribution >= 4 is 0 Å². The lowest BCUT2D eigenvalue weighted by Gasteiger charge is -2.40. The minimum Gasteiger partial charge on any atom is -0.383 e. The van der Waals surface area contributed by atoms with Crippen LogP contribution in [0.2, 0.25) is 0 Å². The minimum atomic E-state index is 0.436. The number of hydrogen-bond donors (Lipinski definition) is 1. The summed E-state index contributed by atoms with van der Waals surface area (Å²) in [6.45, 7) is 3.92. The van der Waals surface area contributed by atoms with Crippen LogP contribution in [0.1, 0.15) is 44.9 Å². The van der Waals surface area contributed by atoms with Gasteiger partial charge in [0.2, 0.25) is 0 Å². The Balaban J connectivity index is 1.66. The third-order valence-corrected chi connectivity index (χ3v) is 5.59. The van der Waals surface area contributed by atoms with Crippen LogP contribution < -0.4 is 5.32 Å². The molecule has 0 amide bonds. The maximum absolute atomic E-state index is 6.19. The first-order valence-electron chi connectivity index (χ1n) is 8.18. The molecule has 0 aromatic rings. The van der Waals surface area contributed by atoms with Gasteiger partial charge in [-0.2, -0.15) is 0 Å². The van der Waals surface area contributed by atoms with Crippen molar-refractivity contribution in [2.24, 2.45) is 17.3 Å². The fraction of sp³-hybridized carbons (Fsp3) is 1.00. The average molecular weight is 267 g/mol. The lowest BCUT2D eigenvalue weighted by atomic mass is 9.68. The zero-order valence-electron chi connectivity index (χ0n) is 12.3. The summed E-state index contributed by atoms with van der Waals surface area (Å²) in [4.78, 5) is 0. The van der Waals surface area contributed by atoms with Gasteiger partial charge >= 0.3 is 0 Å². The van der Waals surface area contributed by atoms with Crippen molar-refractivity contribution in [1.29, 1.82) is 0 Å². The molecule has 0 aromatic carbocycles. The molecule has 2 aliphatic carbocycles. The molecule has 3 aliphatic rings. The van der Waals surface area contributed by atoms with Gasteiger partial charge in [0.1, 0.15) is 0 Å². The van der Waals surface area contributed by atoms with E-state index in [4.69, 9.17) is 9.47 Å². The van der Waals surface area contributed by atoms with Crippen LogP contribution in [0.5, 0.6) is 0 Å². The first kappa shape index (κ1) is 13.8. The van der Waals surface area contributed by atoms with Gasteiger partial charge in [-0.05, 0) is 43.9 Å². The van der Waals surface area contributed by atoms with Crippen molar-refractivity contribution in [2.75, 3.05) is 33.4 Å². The highest BCUT2D eigenvalue weighted by Crippen LogP contribution is 2.54. The van der Waals surface area contributed by atoms with Crippen LogP contribution in [0, 0.1) is 17.3 Å². The third kappa shape index (κ3) is 2.84. The fourth-order valence-corrected chi connectivity index (χ4v) is 4.45. The van der Waals surface area contributed by atoms with E-state index in [1.165, 1.54) is 44.9 Å². The van der Waals surface area contributed by atoms with Crippen LogP contribution in [-0.4, -0.2) is 39.5 Å². The average Bonchev–Trinajstić information content (AvgIpc) is 2.94. The third-order valence-electron chi connectivity index (χ3n) is 5.59. The van der Waals surface area contributed by atoms with E-state index >= 15 is 0 Å². The van der Waals surface area contributed by atoms with Crippen molar-refractivity contribution in [1.82, 2.24) is 5.32 Å². The topological polar surface area (TPSA) is 30.5 Å². The first-order chi connectivity index (χ1) is 9.37. The molecular weight excluding hydrogens is 238 g/mol. The smallest absolute Gasteiger partial charge is 0.0675 e. The summed E-state index contributed by atoms with van der Waals surface area (Å²) in [5, 5.41) is 3.65. The van der Waals surface area contributed by atoms with Crippen LogP contribution in [0.4, 0.5) is 0 Å². The van der Waals surface area contributed by atoms with Gasteiger partial charge < -0.3 is 14.8 Å². The molecule has 3 heteroatoms. The Labute approximate surface area is 117 Å². The number of hydrogen-bond acceptors (Lipinski definition) is 3. The predicted octanol–water partition coefficient (Wildman–Crippen LogP) is 2.60. The zero-order valence-corrected chi connectivity index (χ0v) is 12.3. The van der Waals surface area contributed by atoms with Crippen molar-refractivity contribution < 1.29 is 9.47 Å². The molecule has 0 radical (unpaired) electrons. The molecule has 0 spiro atoms. The summed E-state index contributed by atoms with van der Waals surface area (Å²) in [5.41, 5.74) is 0.436. The SMILES string of the molecule is COCCNCC1(C2CCCC2)CCOC1C1CC1. The van der Waals surface area contributed by atoms with Gasteiger partial charge in [0.25, 0.3) is 0 Å². The minimum absolute atomic E-state index is 0.436. The second kappa shape index (κ2) is 6.11. The van der Waals surface area contributed by atoms with E-state index in [1.807, 2.05) is 0 Å². The van der Waals surface area contributed by atoms with Crippen molar-refractivity contribution in [2.45, 2.75) is 51.0 Å². The second-order valence-electron chi connectivity index (χ2n) is 6.76. The van der Waals surface area contributed by atoms with Gasteiger partial charge in [-0.15, -0.1) is 0 Å². The van der Waals surface area contributed by atoms with Crippen LogP contribution in [0.3, 0.4) is 0 Å². The van der Waals surface area contributed by atoms with E-state index in [0.29, 0.717) is 11.5 Å². The Kier molecular flexibility index (Phi) is 4.45. The summed E-state index contributed by atoms with van der Waals surface area (Å²) >= 11 is 0. The molecule has 0 aromatic heterocycles. The molecule has 1 heterocycles. The second-order valence-corrected chi connectivity index (χ2v) is 6.76. The summed E-state index contributed by atoms with van der Waals surface area (Å²) in [5.74, 6) is 1.77. The van der Waals surface area contributed by atoms with Gasteiger partial charge in [-0.1, -0.05) is 12.8 Å². The highest BCUT2D eigenvalue weighted by atomic mass is 16.5. The van der Waals surface area contributed by atoms with Crippen LogP contribution in [-0.2, 0) is 9.47 Å². The number of methoxy groups -OCH3 is 1. The van der Waals surface area contributed by atoms with E-state index in [0.717, 1.165) is 38.1 Å². The predicted molar refractivity (Wildman–Crippen MR) is 76.2 cm³/mol. The summed E-state index contributed by atoms with van der Waals surface area (Å²) < 4.78 is 11.3. The highest BCUT2D eigenvalue weighted by molar-refractivity contribution is 5.04.